The maximum Gasteiger partial charge on any atom is 0.307 e. The molecule has 40 heavy (non-hydrogen) atoms. The quantitative estimate of drug-likeness (QED) is 0.177. The topological polar surface area (TPSA) is 70.4 Å². The molecule has 0 aliphatic rings. The summed E-state index contributed by atoms with van der Waals surface area (Å²) < 4.78 is 0. The maximum atomic E-state index is 11.7. The molecule has 1 unspecified atom stereocenters. The summed E-state index contributed by atoms with van der Waals surface area (Å²) in [5.41, 5.74) is 5.17. The van der Waals surface area contributed by atoms with Gasteiger partial charge in [-0.15, -0.1) is 0 Å². The molecule has 0 saturated carbocycles. The van der Waals surface area contributed by atoms with E-state index in [1.54, 1.807) is 25.6 Å². The van der Waals surface area contributed by atoms with Crippen molar-refractivity contribution >= 4 is 52.4 Å². The maximum absolute atomic E-state index is 11.7. The Hall–Kier alpha value is -3.12. The third-order valence-electron chi connectivity index (χ3n) is 7.10. The Morgan fingerprint density at radius 2 is 1.77 bits per heavy atom. The summed E-state index contributed by atoms with van der Waals surface area (Å²) in [4.78, 5) is 16.4. The first kappa shape index (κ1) is 29.9. The van der Waals surface area contributed by atoms with Gasteiger partial charge in [-0.1, -0.05) is 85.3 Å². The number of aliphatic carboxylic acids is 1. The molecule has 4 aromatic rings. The standard InChI is InChI=1S/C34H36ClNO3S/c1-4-25(33(37)38)22-40-32(19-11-23-8-14-28(15-9-23)34(2,3)39)27-7-5-6-24(20-27)10-17-30-18-13-26-12-16-29(35)21-31(26)36-30/h5-10,12-18,20-21,25,32,39H,4,11,19,22H2,1-3H3,(H,37,38)/t25?,32-/m0/s1. The number of hydrogen-bond acceptors (Lipinski definition) is 4. The fourth-order valence-electron chi connectivity index (χ4n) is 4.56. The number of aromatic nitrogens is 1. The molecule has 4 rings (SSSR count). The number of carboxylic acid groups (broad SMARTS) is 1. The van der Waals surface area contributed by atoms with Crippen LogP contribution in [0.15, 0.2) is 78.9 Å². The van der Waals surface area contributed by atoms with Crippen molar-refractivity contribution in [3.05, 3.63) is 112 Å². The second kappa shape index (κ2) is 13.5. The van der Waals surface area contributed by atoms with Crippen LogP contribution in [0.3, 0.4) is 0 Å². The van der Waals surface area contributed by atoms with Gasteiger partial charge in [-0.05, 0) is 79.6 Å². The third kappa shape index (κ3) is 8.20. The van der Waals surface area contributed by atoms with Crippen LogP contribution < -0.4 is 0 Å². The minimum atomic E-state index is -0.869. The molecule has 4 nitrogen and oxygen atoms in total. The number of rotatable bonds is 12. The number of carboxylic acids is 1. The summed E-state index contributed by atoms with van der Waals surface area (Å²) in [6, 6.07) is 26.3. The first-order chi connectivity index (χ1) is 19.1. The molecule has 0 spiro atoms. The van der Waals surface area contributed by atoms with E-state index < -0.39 is 11.6 Å². The minimum absolute atomic E-state index is 0.150. The number of nitrogens with zero attached hydrogens (tertiary/aromatic N) is 1. The fourth-order valence-corrected chi connectivity index (χ4v) is 6.20. The molecule has 0 fully saturated rings. The molecule has 2 atom stereocenters. The van der Waals surface area contributed by atoms with Gasteiger partial charge in [0.05, 0.1) is 22.7 Å². The monoisotopic (exact) mass is 573 g/mol. The van der Waals surface area contributed by atoms with Crippen LogP contribution >= 0.6 is 23.4 Å². The molecular formula is C34H36ClNO3S. The predicted molar refractivity (Wildman–Crippen MR) is 169 cm³/mol. The van der Waals surface area contributed by atoms with Crippen LogP contribution in [0.1, 0.15) is 66.8 Å². The van der Waals surface area contributed by atoms with Crippen molar-refractivity contribution in [1.82, 2.24) is 4.98 Å². The molecule has 0 saturated heterocycles. The first-order valence-corrected chi connectivity index (χ1v) is 15.1. The Morgan fingerprint density at radius 1 is 1.02 bits per heavy atom. The van der Waals surface area contributed by atoms with Crippen LogP contribution in [-0.2, 0) is 16.8 Å². The number of carbonyl (C=O) groups is 1. The Bertz CT molecular complexity index is 1480. The Kier molecular flexibility index (Phi) is 10.1. The van der Waals surface area contributed by atoms with Crippen molar-refractivity contribution in [2.75, 3.05) is 5.75 Å². The van der Waals surface area contributed by atoms with Gasteiger partial charge in [0, 0.05) is 21.4 Å². The molecular weight excluding hydrogens is 538 g/mol. The summed E-state index contributed by atoms with van der Waals surface area (Å²) in [5, 5.41) is 21.7. The van der Waals surface area contributed by atoms with Gasteiger partial charge in [0.1, 0.15) is 0 Å². The average Bonchev–Trinajstić information content (AvgIpc) is 2.93. The molecule has 0 amide bonds. The lowest BCUT2D eigenvalue weighted by molar-refractivity contribution is -0.140. The summed E-state index contributed by atoms with van der Waals surface area (Å²) >= 11 is 7.87. The van der Waals surface area contributed by atoms with Crippen LogP contribution in [0.2, 0.25) is 5.02 Å². The smallest absolute Gasteiger partial charge is 0.307 e. The number of aliphatic hydroxyl groups is 1. The van der Waals surface area contributed by atoms with E-state index in [9.17, 15) is 15.0 Å². The van der Waals surface area contributed by atoms with Crippen molar-refractivity contribution in [2.45, 2.75) is 50.9 Å². The number of pyridine rings is 1. The van der Waals surface area contributed by atoms with Gasteiger partial charge >= 0.3 is 5.97 Å². The van der Waals surface area contributed by atoms with Crippen molar-refractivity contribution in [3.63, 3.8) is 0 Å². The van der Waals surface area contributed by atoms with E-state index in [4.69, 9.17) is 16.6 Å². The van der Waals surface area contributed by atoms with Crippen LogP contribution in [0, 0.1) is 5.92 Å². The SMILES string of the molecule is CCC(CS[C@@H](CCc1ccc(C(C)(C)O)cc1)c1cccc(C=Cc2ccc3ccc(Cl)cc3n2)c1)C(=O)O. The fraction of sp³-hybridized carbons (Fsp3) is 0.294. The van der Waals surface area contributed by atoms with Crippen molar-refractivity contribution in [3.8, 4) is 0 Å². The second-order valence-electron chi connectivity index (χ2n) is 10.6. The summed E-state index contributed by atoms with van der Waals surface area (Å²) in [5.74, 6) is -0.538. The van der Waals surface area contributed by atoms with Crippen LogP contribution in [0.5, 0.6) is 0 Å². The molecule has 0 bridgehead atoms. The van der Waals surface area contributed by atoms with E-state index in [2.05, 4.69) is 42.5 Å². The van der Waals surface area contributed by atoms with Gasteiger partial charge in [0.15, 0.2) is 0 Å². The van der Waals surface area contributed by atoms with Crippen molar-refractivity contribution in [1.29, 1.82) is 0 Å². The zero-order valence-corrected chi connectivity index (χ0v) is 24.8. The highest BCUT2D eigenvalue weighted by Crippen LogP contribution is 2.36. The van der Waals surface area contributed by atoms with E-state index in [0.29, 0.717) is 17.2 Å². The number of fused-ring (bicyclic) bond motifs is 1. The van der Waals surface area contributed by atoms with E-state index in [-0.39, 0.29) is 11.2 Å². The van der Waals surface area contributed by atoms with E-state index in [1.165, 1.54) is 11.1 Å². The molecule has 2 N–H and O–H groups in total. The predicted octanol–water partition coefficient (Wildman–Crippen LogP) is 8.80. The Morgan fingerprint density at radius 3 is 2.48 bits per heavy atom. The van der Waals surface area contributed by atoms with E-state index in [1.807, 2.05) is 55.5 Å². The number of hydrogen-bond donors (Lipinski definition) is 2. The number of aryl methyl sites for hydroxylation is 1. The molecule has 6 heteroatoms. The molecule has 0 radical (unpaired) electrons. The van der Waals surface area contributed by atoms with Gasteiger partial charge in [0.2, 0.25) is 0 Å². The normalized spacial score (nSPS) is 13.5. The molecule has 1 heterocycles. The Labute approximate surface area is 246 Å². The summed E-state index contributed by atoms with van der Waals surface area (Å²) in [6.45, 7) is 5.50. The molecule has 0 aliphatic carbocycles. The highest BCUT2D eigenvalue weighted by molar-refractivity contribution is 7.99. The van der Waals surface area contributed by atoms with Gasteiger partial charge in [0.25, 0.3) is 0 Å². The van der Waals surface area contributed by atoms with E-state index >= 15 is 0 Å². The van der Waals surface area contributed by atoms with Gasteiger partial charge in [-0.25, -0.2) is 4.98 Å². The molecule has 208 valence electrons. The molecule has 3 aromatic carbocycles. The van der Waals surface area contributed by atoms with Crippen LogP contribution in [-0.4, -0.2) is 26.9 Å². The zero-order chi connectivity index (χ0) is 28.7. The Balaban J connectivity index is 1.53. The number of halogens is 1. The van der Waals surface area contributed by atoms with Crippen molar-refractivity contribution in [2.24, 2.45) is 5.92 Å². The summed E-state index contributed by atoms with van der Waals surface area (Å²) in [6.07, 6.45) is 6.41. The lowest BCUT2D eigenvalue weighted by atomic mass is 9.95. The lowest BCUT2D eigenvalue weighted by Gasteiger charge is -2.21. The number of thioether (sulfide) groups is 1. The average molecular weight is 574 g/mol. The first-order valence-electron chi connectivity index (χ1n) is 13.6. The zero-order valence-electron chi connectivity index (χ0n) is 23.2. The van der Waals surface area contributed by atoms with Gasteiger partial charge in [-0.2, -0.15) is 11.8 Å². The molecule has 1 aromatic heterocycles. The second-order valence-corrected chi connectivity index (χ2v) is 12.3. The number of benzene rings is 3. The van der Waals surface area contributed by atoms with Gasteiger partial charge < -0.3 is 10.2 Å². The highest BCUT2D eigenvalue weighted by Gasteiger charge is 2.20. The molecule has 0 aliphatic heterocycles. The third-order valence-corrected chi connectivity index (χ3v) is 8.84. The largest absolute Gasteiger partial charge is 0.481 e. The van der Waals surface area contributed by atoms with Crippen LogP contribution in [0.25, 0.3) is 23.1 Å². The highest BCUT2D eigenvalue weighted by atomic mass is 35.5. The van der Waals surface area contributed by atoms with Crippen molar-refractivity contribution < 1.29 is 15.0 Å². The van der Waals surface area contributed by atoms with Gasteiger partial charge in [-0.3, -0.25) is 4.79 Å². The minimum Gasteiger partial charge on any atom is -0.481 e. The lowest BCUT2D eigenvalue weighted by Crippen LogP contribution is -2.16. The summed E-state index contributed by atoms with van der Waals surface area (Å²) in [7, 11) is 0. The van der Waals surface area contributed by atoms with E-state index in [0.717, 1.165) is 40.6 Å². The van der Waals surface area contributed by atoms with Crippen LogP contribution in [0.4, 0.5) is 0 Å².